The van der Waals surface area contributed by atoms with E-state index >= 15 is 0 Å². The molecule has 1 aromatic rings. The summed E-state index contributed by atoms with van der Waals surface area (Å²) in [5.74, 6) is 0.363. The van der Waals surface area contributed by atoms with Crippen LogP contribution in [0.2, 0.25) is 0 Å². The summed E-state index contributed by atoms with van der Waals surface area (Å²) in [5.41, 5.74) is 6.20. The number of nitrogens with two attached hydrogens (primary N) is 1. The number of pyridine rings is 1. The minimum absolute atomic E-state index is 0.343. The van der Waals surface area contributed by atoms with Gasteiger partial charge in [0.15, 0.2) is 0 Å². The molecule has 4 heteroatoms. The molecule has 2 N–H and O–H groups in total. The predicted molar refractivity (Wildman–Crippen MR) is 61.9 cm³/mol. The van der Waals surface area contributed by atoms with Gasteiger partial charge >= 0.3 is 0 Å². The van der Waals surface area contributed by atoms with Gasteiger partial charge in [0.25, 0.3) is 0 Å². The second kappa shape index (κ2) is 5.47. The fraction of sp³-hybridized carbons (Fsp3) is 0.500. The average molecular weight is 219 g/mol. The van der Waals surface area contributed by atoms with Crippen LogP contribution in [0.25, 0.3) is 0 Å². The summed E-state index contributed by atoms with van der Waals surface area (Å²) in [6.07, 6.45) is 3.27. The Kier molecular flexibility index (Phi) is 4.27. The van der Waals surface area contributed by atoms with Crippen molar-refractivity contribution in [2.24, 2.45) is 5.73 Å². The molecule has 1 aromatic heterocycles. The average Bonchev–Trinajstić information content (AvgIpc) is 2.36. The Morgan fingerprint density at radius 2 is 2.19 bits per heavy atom. The summed E-state index contributed by atoms with van der Waals surface area (Å²) in [4.78, 5) is 4.02. The van der Waals surface area contributed by atoms with Crippen LogP contribution in [-0.4, -0.2) is 17.1 Å². The third-order valence-electron chi connectivity index (χ3n) is 2.80. The summed E-state index contributed by atoms with van der Waals surface area (Å²) >= 11 is 0. The highest BCUT2D eigenvalue weighted by molar-refractivity contribution is 5.37. The number of hydrogen-bond donors (Lipinski definition) is 1. The van der Waals surface area contributed by atoms with Crippen molar-refractivity contribution in [2.45, 2.75) is 32.2 Å². The summed E-state index contributed by atoms with van der Waals surface area (Å²) in [6.45, 7) is 4.43. The highest BCUT2D eigenvalue weighted by Gasteiger charge is 2.21. The van der Waals surface area contributed by atoms with Crippen LogP contribution in [0.15, 0.2) is 18.3 Å². The zero-order chi connectivity index (χ0) is 12.0. The van der Waals surface area contributed by atoms with Crippen LogP contribution in [0.4, 0.5) is 0 Å². The molecule has 0 aliphatic carbocycles. The van der Waals surface area contributed by atoms with Gasteiger partial charge < -0.3 is 10.5 Å². The summed E-state index contributed by atoms with van der Waals surface area (Å²) in [7, 11) is 0. The minimum atomic E-state index is -0.343. The van der Waals surface area contributed by atoms with Crippen LogP contribution in [0.1, 0.15) is 32.3 Å². The molecule has 0 radical (unpaired) electrons. The second-order valence-electron chi connectivity index (χ2n) is 3.83. The van der Waals surface area contributed by atoms with Crippen LogP contribution >= 0.6 is 0 Å². The van der Waals surface area contributed by atoms with Crippen molar-refractivity contribution >= 4 is 0 Å². The molecule has 0 aliphatic heterocycles. The fourth-order valence-electron chi connectivity index (χ4n) is 1.26. The number of ether oxygens (including phenoxy) is 1. The second-order valence-corrected chi connectivity index (χ2v) is 3.83. The fourth-order valence-corrected chi connectivity index (χ4v) is 1.26. The molecule has 4 nitrogen and oxygen atoms in total. The van der Waals surface area contributed by atoms with Gasteiger partial charge in [-0.3, -0.25) is 0 Å². The molecule has 0 amide bonds. The van der Waals surface area contributed by atoms with E-state index in [1.54, 1.807) is 18.3 Å². The van der Waals surface area contributed by atoms with E-state index in [2.05, 4.69) is 4.98 Å². The Hall–Kier alpha value is -1.60. The van der Waals surface area contributed by atoms with Crippen LogP contribution in [0.5, 0.6) is 5.88 Å². The van der Waals surface area contributed by atoms with Crippen molar-refractivity contribution in [3.63, 3.8) is 0 Å². The Balaban J connectivity index is 2.72. The topological polar surface area (TPSA) is 71.9 Å². The van der Waals surface area contributed by atoms with E-state index in [1.165, 1.54) is 0 Å². The van der Waals surface area contributed by atoms with Crippen molar-refractivity contribution in [2.75, 3.05) is 6.61 Å². The molecule has 86 valence electrons. The van der Waals surface area contributed by atoms with E-state index in [4.69, 9.17) is 15.7 Å². The van der Waals surface area contributed by atoms with Crippen molar-refractivity contribution < 1.29 is 4.74 Å². The summed E-state index contributed by atoms with van der Waals surface area (Å²) in [6, 6.07) is 5.43. The lowest BCUT2D eigenvalue weighted by Crippen LogP contribution is -2.44. The van der Waals surface area contributed by atoms with Gasteiger partial charge in [0, 0.05) is 11.7 Å². The number of rotatable bonds is 5. The number of nitriles is 1. The van der Waals surface area contributed by atoms with Gasteiger partial charge in [-0.25, -0.2) is 4.98 Å². The molecule has 0 unspecified atom stereocenters. The maximum atomic E-state index is 8.86. The Morgan fingerprint density at radius 1 is 1.50 bits per heavy atom. The van der Waals surface area contributed by atoms with Gasteiger partial charge in [0.05, 0.1) is 0 Å². The molecule has 0 bridgehead atoms. The van der Waals surface area contributed by atoms with Crippen molar-refractivity contribution in [3.8, 4) is 11.9 Å². The molecule has 0 fully saturated rings. The molecule has 1 rings (SSSR count). The first kappa shape index (κ1) is 12.5. The van der Waals surface area contributed by atoms with Crippen LogP contribution in [-0.2, 0) is 0 Å². The highest BCUT2D eigenvalue weighted by atomic mass is 16.5. The molecule has 0 atom stereocenters. The predicted octanol–water partition coefficient (Wildman–Crippen LogP) is 1.85. The molecule has 16 heavy (non-hydrogen) atoms. The summed E-state index contributed by atoms with van der Waals surface area (Å²) in [5, 5.41) is 8.86. The smallest absolute Gasteiger partial charge is 0.231 e. The van der Waals surface area contributed by atoms with Crippen LogP contribution in [0, 0.1) is 11.3 Å². The first-order valence-corrected chi connectivity index (χ1v) is 5.42. The monoisotopic (exact) mass is 219 g/mol. The Labute approximate surface area is 96.1 Å². The van der Waals surface area contributed by atoms with Crippen molar-refractivity contribution in [3.05, 3.63) is 23.9 Å². The first-order chi connectivity index (χ1) is 7.65. The van der Waals surface area contributed by atoms with E-state index in [1.807, 2.05) is 19.9 Å². The van der Waals surface area contributed by atoms with Gasteiger partial charge in [-0.1, -0.05) is 13.8 Å². The largest absolute Gasteiger partial charge is 0.475 e. The molecule has 0 aliphatic rings. The van der Waals surface area contributed by atoms with Crippen molar-refractivity contribution in [1.82, 2.24) is 4.98 Å². The molecule has 1 heterocycles. The van der Waals surface area contributed by atoms with E-state index < -0.39 is 0 Å². The third-order valence-corrected chi connectivity index (χ3v) is 2.80. The highest BCUT2D eigenvalue weighted by Crippen LogP contribution is 2.17. The lowest BCUT2D eigenvalue weighted by molar-refractivity contribution is 0.200. The summed E-state index contributed by atoms with van der Waals surface area (Å²) < 4.78 is 5.52. The molecule has 0 saturated carbocycles. The molecule has 0 aromatic carbocycles. The number of nitrogens with zero attached hydrogens (tertiary/aromatic N) is 2. The van der Waals surface area contributed by atoms with E-state index in [0.29, 0.717) is 18.1 Å². The molecular formula is C12H17N3O. The normalized spacial score (nSPS) is 10.9. The van der Waals surface area contributed by atoms with E-state index in [-0.39, 0.29) is 5.54 Å². The third kappa shape index (κ3) is 2.94. The Bertz CT molecular complexity index is 380. The quantitative estimate of drug-likeness (QED) is 0.820. The molecule has 0 spiro atoms. The van der Waals surface area contributed by atoms with Crippen LogP contribution in [0.3, 0.4) is 0 Å². The first-order valence-electron chi connectivity index (χ1n) is 5.42. The number of hydrogen-bond acceptors (Lipinski definition) is 4. The standard InChI is InChI=1S/C12H17N3O/c1-3-12(14,4-2)9-16-11-10(8-13)6-5-7-15-11/h5-7H,3-4,9,14H2,1-2H3. The number of aromatic nitrogens is 1. The van der Waals surface area contributed by atoms with E-state index in [0.717, 1.165) is 12.8 Å². The minimum Gasteiger partial charge on any atom is -0.475 e. The molecule has 0 saturated heterocycles. The zero-order valence-electron chi connectivity index (χ0n) is 9.73. The Morgan fingerprint density at radius 3 is 2.75 bits per heavy atom. The van der Waals surface area contributed by atoms with Gasteiger partial charge in [-0.2, -0.15) is 5.26 Å². The zero-order valence-corrected chi connectivity index (χ0v) is 9.73. The van der Waals surface area contributed by atoms with Gasteiger partial charge in [0.2, 0.25) is 5.88 Å². The van der Waals surface area contributed by atoms with Gasteiger partial charge in [-0.15, -0.1) is 0 Å². The van der Waals surface area contributed by atoms with Crippen LogP contribution < -0.4 is 10.5 Å². The molecular weight excluding hydrogens is 202 g/mol. The SMILES string of the molecule is CCC(N)(CC)COc1ncccc1C#N. The lowest BCUT2D eigenvalue weighted by atomic mass is 9.96. The van der Waals surface area contributed by atoms with Gasteiger partial charge in [-0.05, 0) is 25.0 Å². The van der Waals surface area contributed by atoms with Gasteiger partial charge in [0.1, 0.15) is 18.2 Å². The maximum absolute atomic E-state index is 8.86. The van der Waals surface area contributed by atoms with Crippen molar-refractivity contribution in [1.29, 1.82) is 5.26 Å². The lowest BCUT2D eigenvalue weighted by Gasteiger charge is -2.26. The maximum Gasteiger partial charge on any atom is 0.231 e. The van der Waals surface area contributed by atoms with E-state index in [9.17, 15) is 0 Å².